The molecule has 32 heavy (non-hydrogen) atoms. The topological polar surface area (TPSA) is 69.6 Å². The molecular formula is C26H30N2O3S. The van der Waals surface area contributed by atoms with Gasteiger partial charge in [0.15, 0.2) is 0 Å². The molecule has 1 aliphatic rings. The molecule has 1 fully saturated rings. The van der Waals surface area contributed by atoms with Crippen LogP contribution in [0.1, 0.15) is 60.5 Å². The number of rotatable bonds is 8. The second-order valence-corrected chi connectivity index (χ2v) is 9.57. The average Bonchev–Trinajstić information content (AvgIpc) is 3.25. The van der Waals surface area contributed by atoms with Crippen LogP contribution < -0.4 is 5.32 Å². The molecule has 1 aliphatic carbocycles. The monoisotopic (exact) mass is 450 g/mol. The molecule has 6 heteroatoms. The first-order chi connectivity index (χ1) is 15.5. The number of fused-ring (bicyclic) bond motifs is 1. The van der Waals surface area contributed by atoms with E-state index in [-0.39, 0.29) is 24.9 Å². The second kappa shape index (κ2) is 10.2. The highest BCUT2D eigenvalue weighted by Gasteiger charge is 2.27. The maximum Gasteiger partial charge on any atom is 0.305 e. The second-order valence-electron chi connectivity index (χ2n) is 8.66. The number of amides is 1. The molecule has 2 N–H and O–H groups in total. The number of thiophene rings is 1. The van der Waals surface area contributed by atoms with Crippen molar-refractivity contribution in [1.29, 1.82) is 0 Å². The van der Waals surface area contributed by atoms with Gasteiger partial charge in [0.25, 0.3) is 5.91 Å². The Morgan fingerprint density at radius 2 is 1.81 bits per heavy atom. The largest absolute Gasteiger partial charge is 0.481 e. The Morgan fingerprint density at radius 3 is 2.53 bits per heavy atom. The van der Waals surface area contributed by atoms with E-state index >= 15 is 0 Å². The maximum atomic E-state index is 12.6. The minimum absolute atomic E-state index is 0.0560. The summed E-state index contributed by atoms with van der Waals surface area (Å²) in [6.45, 7) is 0.198. The lowest BCUT2D eigenvalue weighted by Gasteiger charge is -2.32. The fourth-order valence-corrected chi connectivity index (χ4v) is 5.63. The lowest BCUT2D eigenvalue weighted by Crippen LogP contribution is -2.29. The van der Waals surface area contributed by atoms with Gasteiger partial charge in [0.05, 0.1) is 12.5 Å². The number of aliphatic carboxylic acids is 1. The fraction of sp³-hybridized carbons (Fsp3) is 0.385. The first-order valence-corrected chi connectivity index (χ1v) is 12.2. The van der Waals surface area contributed by atoms with Crippen LogP contribution in [0.5, 0.6) is 0 Å². The summed E-state index contributed by atoms with van der Waals surface area (Å²) in [5.74, 6) is -0.477. The highest BCUT2D eigenvalue weighted by atomic mass is 32.1. The van der Waals surface area contributed by atoms with Gasteiger partial charge >= 0.3 is 5.97 Å². The van der Waals surface area contributed by atoms with Crippen molar-refractivity contribution in [3.63, 3.8) is 0 Å². The number of nitrogens with one attached hydrogen (secondary N) is 1. The van der Waals surface area contributed by atoms with Crippen molar-refractivity contribution < 1.29 is 14.7 Å². The van der Waals surface area contributed by atoms with E-state index in [0.29, 0.717) is 11.5 Å². The van der Waals surface area contributed by atoms with Gasteiger partial charge in [0, 0.05) is 29.5 Å². The van der Waals surface area contributed by atoms with Crippen LogP contribution in [-0.4, -0.2) is 35.5 Å². The van der Waals surface area contributed by atoms with E-state index in [0.717, 1.165) is 5.69 Å². The Morgan fingerprint density at radius 1 is 1.09 bits per heavy atom. The summed E-state index contributed by atoms with van der Waals surface area (Å²) in [6, 6.07) is 16.4. The molecule has 0 aliphatic heterocycles. The van der Waals surface area contributed by atoms with E-state index < -0.39 is 5.97 Å². The molecule has 1 unspecified atom stereocenters. The zero-order chi connectivity index (χ0) is 22.5. The molecule has 1 saturated carbocycles. The van der Waals surface area contributed by atoms with E-state index in [4.69, 9.17) is 5.11 Å². The summed E-state index contributed by atoms with van der Waals surface area (Å²) in [7, 11) is 1.64. The van der Waals surface area contributed by atoms with Crippen LogP contribution in [-0.2, 0) is 4.79 Å². The number of hydrogen-bond donors (Lipinski definition) is 2. The summed E-state index contributed by atoms with van der Waals surface area (Å²) in [4.78, 5) is 24.8. The number of carboxylic acids is 1. The zero-order valence-corrected chi connectivity index (χ0v) is 19.2. The first-order valence-electron chi connectivity index (χ1n) is 11.3. The molecule has 0 saturated heterocycles. The molecule has 0 bridgehead atoms. The van der Waals surface area contributed by atoms with Crippen LogP contribution in [0.4, 0.5) is 5.69 Å². The number of hydrogen-bond acceptors (Lipinski definition) is 4. The summed E-state index contributed by atoms with van der Waals surface area (Å²) < 4.78 is 1.32. The van der Waals surface area contributed by atoms with Crippen LogP contribution >= 0.6 is 11.3 Å². The van der Waals surface area contributed by atoms with Crippen LogP contribution in [0.25, 0.3) is 10.1 Å². The van der Waals surface area contributed by atoms with Gasteiger partial charge in [-0.3, -0.25) is 9.59 Å². The number of nitrogens with zero attached hydrogens (tertiary/aromatic N) is 1. The van der Waals surface area contributed by atoms with Crippen LogP contribution in [0.15, 0.2) is 53.9 Å². The average molecular weight is 451 g/mol. The van der Waals surface area contributed by atoms with Gasteiger partial charge in [0.1, 0.15) is 0 Å². The molecule has 1 heterocycles. The highest BCUT2D eigenvalue weighted by molar-refractivity contribution is 7.17. The van der Waals surface area contributed by atoms with Crippen molar-refractivity contribution in [1.82, 2.24) is 4.90 Å². The molecule has 1 aromatic heterocycles. The van der Waals surface area contributed by atoms with Gasteiger partial charge in [-0.05, 0) is 65.4 Å². The van der Waals surface area contributed by atoms with Crippen molar-refractivity contribution in [2.75, 3.05) is 18.9 Å². The molecule has 5 nitrogen and oxygen atoms in total. The van der Waals surface area contributed by atoms with E-state index in [2.05, 4.69) is 35.0 Å². The molecule has 3 aromatic rings. The quantitative estimate of drug-likeness (QED) is 0.430. The van der Waals surface area contributed by atoms with E-state index in [1.54, 1.807) is 18.4 Å². The maximum absolute atomic E-state index is 12.6. The third kappa shape index (κ3) is 5.13. The minimum atomic E-state index is -0.904. The SMILES string of the molecule is CN(CCC(=O)O)C(=O)c1ccc(NC(c2csc3ccccc23)C2CCCCC2)cc1. The molecule has 0 radical (unpaired) electrons. The predicted molar refractivity (Wildman–Crippen MR) is 130 cm³/mol. The Balaban J connectivity index is 1.53. The van der Waals surface area contributed by atoms with Gasteiger partial charge in [-0.1, -0.05) is 37.5 Å². The van der Waals surface area contributed by atoms with Gasteiger partial charge < -0.3 is 15.3 Å². The highest BCUT2D eigenvalue weighted by Crippen LogP contribution is 2.41. The molecule has 168 valence electrons. The first kappa shape index (κ1) is 22.3. The van der Waals surface area contributed by atoms with E-state index in [9.17, 15) is 9.59 Å². The van der Waals surface area contributed by atoms with Gasteiger partial charge in [-0.15, -0.1) is 11.3 Å². The Labute approximate surface area is 193 Å². The molecule has 1 amide bonds. The number of carbonyl (C=O) groups excluding carboxylic acids is 1. The predicted octanol–water partition coefficient (Wildman–Crippen LogP) is 6.18. The molecule has 1 atom stereocenters. The van der Waals surface area contributed by atoms with Crippen molar-refractivity contribution in [3.8, 4) is 0 Å². The smallest absolute Gasteiger partial charge is 0.305 e. The fourth-order valence-electron chi connectivity index (χ4n) is 4.63. The standard InChI is InChI=1S/C26H30N2O3S/c1-28(16-15-24(29)30)26(31)19-11-13-20(14-12-19)27-25(18-7-3-2-4-8-18)22-17-32-23-10-6-5-9-21(22)23/h5-6,9-14,17-18,25,27H,2-4,7-8,15-16H2,1H3,(H,29,30). The molecule has 0 spiro atoms. The summed E-state index contributed by atoms with van der Waals surface area (Å²) in [5, 5.41) is 16.2. The lowest BCUT2D eigenvalue weighted by atomic mass is 9.81. The van der Waals surface area contributed by atoms with Crippen LogP contribution in [0, 0.1) is 5.92 Å². The van der Waals surface area contributed by atoms with Gasteiger partial charge in [-0.25, -0.2) is 0 Å². The Hall–Kier alpha value is -2.86. The van der Waals surface area contributed by atoms with Crippen LogP contribution in [0.2, 0.25) is 0 Å². The van der Waals surface area contributed by atoms with Crippen molar-refractivity contribution in [3.05, 3.63) is 65.0 Å². The normalized spacial score (nSPS) is 15.4. The molecular weight excluding hydrogens is 420 g/mol. The Bertz CT molecular complexity index is 1070. The zero-order valence-electron chi connectivity index (χ0n) is 18.4. The number of carboxylic acid groups (broad SMARTS) is 1. The molecule has 4 rings (SSSR count). The number of benzene rings is 2. The van der Waals surface area contributed by atoms with Gasteiger partial charge in [-0.2, -0.15) is 0 Å². The number of carbonyl (C=O) groups is 2. The van der Waals surface area contributed by atoms with Crippen molar-refractivity contribution >= 4 is 39.0 Å². The third-order valence-corrected chi connectivity index (χ3v) is 7.41. The van der Waals surface area contributed by atoms with Crippen LogP contribution in [0.3, 0.4) is 0 Å². The van der Waals surface area contributed by atoms with Crippen molar-refractivity contribution in [2.24, 2.45) is 5.92 Å². The van der Waals surface area contributed by atoms with Crippen molar-refractivity contribution in [2.45, 2.75) is 44.6 Å². The molecule has 2 aromatic carbocycles. The van der Waals surface area contributed by atoms with E-state index in [1.165, 1.54) is 52.7 Å². The van der Waals surface area contributed by atoms with E-state index in [1.807, 2.05) is 24.3 Å². The van der Waals surface area contributed by atoms with Gasteiger partial charge in [0.2, 0.25) is 0 Å². The lowest BCUT2D eigenvalue weighted by molar-refractivity contribution is -0.137. The summed E-state index contributed by atoms with van der Waals surface area (Å²) >= 11 is 1.80. The summed E-state index contributed by atoms with van der Waals surface area (Å²) in [5.41, 5.74) is 2.94. The summed E-state index contributed by atoms with van der Waals surface area (Å²) in [6.07, 6.45) is 6.28. The third-order valence-electron chi connectivity index (χ3n) is 6.43. The minimum Gasteiger partial charge on any atom is -0.481 e. The Kier molecular flexibility index (Phi) is 7.10. The number of anilines is 1.